The molecule has 0 aromatic heterocycles. The number of hydrogen-bond acceptors (Lipinski definition) is 3. The van der Waals surface area contributed by atoms with Gasteiger partial charge in [0.1, 0.15) is 6.04 Å². The number of carboxylic acid groups (broad SMARTS) is 2. The third kappa shape index (κ3) is 2.68. The molecule has 1 saturated heterocycles. The fourth-order valence-electron chi connectivity index (χ4n) is 2.25. The quantitative estimate of drug-likeness (QED) is 0.751. The summed E-state index contributed by atoms with van der Waals surface area (Å²) in [6, 6.07) is 6.31. The number of benzene rings is 1. The summed E-state index contributed by atoms with van der Waals surface area (Å²) in [5.41, 5.74) is 1.32. The van der Waals surface area contributed by atoms with Crippen molar-refractivity contribution < 1.29 is 19.8 Å². The van der Waals surface area contributed by atoms with Gasteiger partial charge >= 0.3 is 11.9 Å². The smallest absolute Gasteiger partial charge is 0.335 e. The fraction of sp³-hybridized carbons (Fsp3) is 0.385. The molecule has 2 atom stereocenters. The molecule has 0 spiro atoms. The Kier molecular flexibility index (Phi) is 3.62. The van der Waals surface area contributed by atoms with Gasteiger partial charge < -0.3 is 15.5 Å². The van der Waals surface area contributed by atoms with E-state index in [1.54, 1.807) is 24.3 Å². The summed E-state index contributed by atoms with van der Waals surface area (Å²) < 4.78 is 0. The highest BCUT2D eigenvalue weighted by atomic mass is 16.4. The lowest BCUT2D eigenvalue weighted by Crippen LogP contribution is -2.43. The number of piperidine rings is 1. The van der Waals surface area contributed by atoms with Crippen molar-refractivity contribution in [2.24, 2.45) is 0 Å². The van der Waals surface area contributed by atoms with Gasteiger partial charge in [-0.1, -0.05) is 12.1 Å². The van der Waals surface area contributed by atoms with Crippen LogP contribution in [-0.2, 0) is 4.79 Å². The topological polar surface area (TPSA) is 86.6 Å². The van der Waals surface area contributed by atoms with E-state index in [9.17, 15) is 9.59 Å². The largest absolute Gasteiger partial charge is 0.480 e. The van der Waals surface area contributed by atoms with E-state index in [-0.39, 0.29) is 11.5 Å². The third-order valence-corrected chi connectivity index (χ3v) is 3.34. The molecule has 1 aliphatic heterocycles. The van der Waals surface area contributed by atoms with Crippen LogP contribution in [0.2, 0.25) is 0 Å². The number of nitrogens with one attached hydrogen (secondary N) is 1. The standard InChI is InChI=1S/C13H15NO4/c15-12(16)9-3-1-8(2-4-9)10-5-6-11(13(17)18)14-7-10/h1-4,10-11,14H,5-7H2,(H,15,16)(H,17,18). The van der Waals surface area contributed by atoms with E-state index in [4.69, 9.17) is 10.2 Å². The molecule has 0 saturated carbocycles. The Labute approximate surface area is 104 Å². The van der Waals surface area contributed by atoms with Crippen LogP contribution < -0.4 is 5.32 Å². The van der Waals surface area contributed by atoms with Crippen LogP contribution in [0.4, 0.5) is 0 Å². The van der Waals surface area contributed by atoms with Crippen molar-refractivity contribution in [1.82, 2.24) is 5.32 Å². The highest BCUT2D eigenvalue weighted by Gasteiger charge is 2.25. The average molecular weight is 249 g/mol. The van der Waals surface area contributed by atoms with E-state index in [1.165, 1.54) is 0 Å². The SMILES string of the molecule is O=C(O)c1ccc(C2CCC(C(=O)O)NC2)cc1. The molecule has 0 amide bonds. The second-order valence-electron chi connectivity index (χ2n) is 4.50. The van der Waals surface area contributed by atoms with Crippen molar-refractivity contribution in [2.75, 3.05) is 6.54 Å². The first-order valence-corrected chi connectivity index (χ1v) is 5.87. The maximum atomic E-state index is 10.8. The zero-order chi connectivity index (χ0) is 13.1. The van der Waals surface area contributed by atoms with Gasteiger partial charge in [-0.15, -0.1) is 0 Å². The van der Waals surface area contributed by atoms with Gasteiger partial charge in [-0.3, -0.25) is 4.79 Å². The van der Waals surface area contributed by atoms with E-state index in [0.29, 0.717) is 13.0 Å². The van der Waals surface area contributed by atoms with Crippen LogP contribution in [0.3, 0.4) is 0 Å². The lowest BCUT2D eigenvalue weighted by atomic mass is 9.88. The second-order valence-corrected chi connectivity index (χ2v) is 4.50. The van der Waals surface area contributed by atoms with Crippen molar-refractivity contribution >= 4 is 11.9 Å². The molecular weight excluding hydrogens is 234 g/mol. The molecule has 96 valence electrons. The predicted molar refractivity (Wildman–Crippen MR) is 64.8 cm³/mol. The Hall–Kier alpha value is -1.88. The number of aromatic carboxylic acids is 1. The monoisotopic (exact) mass is 249 g/mol. The Morgan fingerprint density at radius 3 is 2.22 bits per heavy atom. The van der Waals surface area contributed by atoms with Crippen molar-refractivity contribution in [1.29, 1.82) is 0 Å². The highest BCUT2D eigenvalue weighted by Crippen LogP contribution is 2.25. The Morgan fingerprint density at radius 2 is 1.78 bits per heavy atom. The van der Waals surface area contributed by atoms with E-state index < -0.39 is 18.0 Å². The molecule has 1 aromatic rings. The maximum absolute atomic E-state index is 10.8. The first-order valence-electron chi connectivity index (χ1n) is 5.87. The molecule has 1 fully saturated rings. The van der Waals surface area contributed by atoms with Crippen LogP contribution in [0.1, 0.15) is 34.7 Å². The summed E-state index contributed by atoms with van der Waals surface area (Å²) in [5, 5.41) is 20.7. The van der Waals surface area contributed by atoms with Crippen LogP contribution in [0.5, 0.6) is 0 Å². The minimum absolute atomic E-state index is 0.253. The van der Waals surface area contributed by atoms with Gasteiger partial charge in [-0.05, 0) is 36.5 Å². The molecule has 0 bridgehead atoms. The molecule has 2 unspecified atom stereocenters. The number of aliphatic carboxylic acids is 1. The Morgan fingerprint density at radius 1 is 1.11 bits per heavy atom. The van der Waals surface area contributed by atoms with Gasteiger partial charge in [0.05, 0.1) is 5.56 Å². The van der Waals surface area contributed by atoms with Crippen molar-refractivity contribution in [3.8, 4) is 0 Å². The fourth-order valence-corrected chi connectivity index (χ4v) is 2.25. The van der Waals surface area contributed by atoms with Gasteiger partial charge in [0, 0.05) is 6.54 Å². The summed E-state index contributed by atoms with van der Waals surface area (Å²) in [4.78, 5) is 21.5. The van der Waals surface area contributed by atoms with E-state index in [0.717, 1.165) is 12.0 Å². The van der Waals surface area contributed by atoms with Gasteiger partial charge in [0.25, 0.3) is 0 Å². The van der Waals surface area contributed by atoms with Gasteiger partial charge in [-0.2, -0.15) is 0 Å². The lowest BCUT2D eigenvalue weighted by molar-refractivity contribution is -0.140. The first kappa shape index (κ1) is 12.6. The summed E-state index contributed by atoms with van der Waals surface area (Å²) in [6.07, 6.45) is 1.40. The lowest BCUT2D eigenvalue weighted by Gasteiger charge is -2.27. The van der Waals surface area contributed by atoms with E-state index >= 15 is 0 Å². The van der Waals surface area contributed by atoms with Crippen LogP contribution >= 0.6 is 0 Å². The number of hydrogen-bond donors (Lipinski definition) is 3. The molecule has 18 heavy (non-hydrogen) atoms. The molecule has 5 nitrogen and oxygen atoms in total. The second kappa shape index (κ2) is 5.18. The van der Waals surface area contributed by atoms with Crippen molar-refractivity contribution in [3.05, 3.63) is 35.4 Å². The predicted octanol–water partition coefficient (Wildman–Crippen LogP) is 1.30. The molecular formula is C13H15NO4. The molecule has 1 aromatic carbocycles. The maximum Gasteiger partial charge on any atom is 0.335 e. The Balaban J connectivity index is 2.01. The third-order valence-electron chi connectivity index (χ3n) is 3.34. The number of carboxylic acids is 2. The van der Waals surface area contributed by atoms with Crippen molar-refractivity contribution in [3.63, 3.8) is 0 Å². The zero-order valence-corrected chi connectivity index (χ0v) is 9.80. The first-order chi connectivity index (χ1) is 8.58. The summed E-state index contributed by atoms with van der Waals surface area (Å²) in [5.74, 6) is -1.49. The van der Waals surface area contributed by atoms with Crippen molar-refractivity contribution in [2.45, 2.75) is 24.8 Å². The van der Waals surface area contributed by atoms with Gasteiger partial charge in [0.15, 0.2) is 0 Å². The molecule has 3 N–H and O–H groups in total. The van der Waals surface area contributed by atoms with E-state index in [2.05, 4.69) is 5.32 Å². The Bertz CT molecular complexity index is 447. The number of carbonyl (C=O) groups is 2. The minimum atomic E-state index is -0.936. The normalized spacial score (nSPS) is 23.6. The van der Waals surface area contributed by atoms with Crippen LogP contribution in [0, 0.1) is 0 Å². The highest BCUT2D eigenvalue weighted by molar-refractivity contribution is 5.87. The number of rotatable bonds is 3. The molecule has 1 aliphatic rings. The van der Waals surface area contributed by atoms with E-state index in [1.807, 2.05) is 0 Å². The van der Waals surface area contributed by atoms with Gasteiger partial charge in [-0.25, -0.2) is 4.79 Å². The average Bonchev–Trinajstić information content (AvgIpc) is 2.39. The van der Waals surface area contributed by atoms with Crippen LogP contribution in [-0.4, -0.2) is 34.7 Å². The molecule has 5 heteroatoms. The van der Waals surface area contributed by atoms with Crippen LogP contribution in [0.15, 0.2) is 24.3 Å². The van der Waals surface area contributed by atoms with Gasteiger partial charge in [0.2, 0.25) is 0 Å². The molecule has 2 rings (SSSR count). The summed E-state index contributed by atoms with van der Waals surface area (Å²) in [7, 11) is 0. The zero-order valence-electron chi connectivity index (χ0n) is 9.80. The molecule has 0 aliphatic carbocycles. The molecule has 0 radical (unpaired) electrons. The summed E-state index contributed by atoms with van der Waals surface area (Å²) >= 11 is 0. The minimum Gasteiger partial charge on any atom is -0.480 e. The molecule has 1 heterocycles. The summed E-state index contributed by atoms with van der Waals surface area (Å²) in [6.45, 7) is 0.614. The van der Waals surface area contributed by atoms with Crippen LogP contribution in [0.25, 0.3) is 0 Å².